The molecule has 1 aromatic rings. The highest BCUT2D eigenvalue weighted by molar-refractivity contribution is 5.42. The second-order valence-electron chi connectivity index (χ2n) is 3.35. The molecule has 19 heavy (non-hydrogen) atoms. The summed E-state index contributed by atoms with van der Waals surface area (Å²) in [6.45, 7) is -1.56. The van der Waals surface area contributed by atoms with Gasteiger partial charge >= 0.3 is 12.5 Å². The van der Waals surface area contributed by atoms with E-state index in [1.807, 2.05) is 0 Å². The average molecular weight is 290 g/mol. The van der Waals surface area contributed by atoms with E-state index < -0.39 is 42.7 Å². The monoisotopic (exact) mass is 290 g/mol. The summed E-state index contributed by atoms with van der Waals surface area (Å²) >= 11 is 0. The maximum Gasteiger partial charge on any atom is 0.574 e. The molecule has 0 saturated carbocycles. The molecule has 0 saturated heterocycles. The molecule has 0 aliphatic rings. The quantitative estimate of drug-likeness (QED) is 0.835. The van der Waals surface area contributed by atoms with E-state index in [2.05, 4.69) is 9.72 Å². The number of alkyl halides is 6. The molecule has 0 aliphatic heterocycles. The number of halogens is 6. The van der Waals surface area contributed by atoms with Crippen molar-refractivity contribution in [2.45, 2.75) is 25.7 Å². The lowest BCUT2D eigenvalue weighted by molar-refractivity contribution is -0.277. The normalized spacial score (nSPS) is 12.6. The van der Waals surface area contributed by atoms with Crippen molar-refractivity contribution in [3.05, 3.63) is 22.9 Å². The minimum Gasteiger partial charge on any atom is -0.392 e. The fraction of sp³-hybridized carbons (Fsp3) is 0.444. The zero-order valence-corrected chi connectivity index (χ0v) is 9.14. The van der Waals surface area contributed by atoms with Crippen LogP contribution in [-0.4, -0.2) is 16.5 Å². The third-order valence-corrected chi connectivity index (χ3v) is 2.11. The van der Waals surface area contributed by atoms with Crippen LogP contribution in [0.2, 0.25) is 0 Å². The molecular weight excluding hydrogens is 282 g/mol. The van der Waals surface area contributed by atoms with Crippen molar-refractivity contribution in [1.29, 1.82) is 0 Å². The SMILES string of the molecule is NCc1c(CO)cnc(OC(F)(F)F)c1C(F)(F)F. The number of aromatic nitrogens is 1. The third kappa shape index (κ3) is 3.70. The van der Waals surface area contributed by atoms with E-state index >= 15 is 0 Å². The molecule has 0 spiro atoms. The molecule has 0 fully saturated rings. The van der Waals surface area contributed by atoms with Gasteiger partial charge in [-0.15, -0.1) is 13.2 Å². The van der Waals surface area contributed by atoms with Gasteiger partial charge in [-0.3, -0.25) is 0 Å². The summed E-state index contributed by atoms with van der Waals surface area (Å²) in [5, 5.41) is 8.84. The largest absolute Gasteiger partial charge is 0.574 e. The van der Waals surface area contributed by atoms with Crippen molar-refractivity contribution in [1.82, 2.24) is 4.98 Å². The number of pyridine rings is 1. The predicted molar refractivity (Wildman–Crippen MR) is 49.7 cm³/mol. The summed E-state index contributed by atoms with van der Waals surface area (Å²) in [4.78, 5) is 2.93. The van der Waals surface area contributed by atoms with Crippen LogP contribution in [-0.2, 0) is 19.3 Å². The minimum absolute atomic E-state index is 0.315. The predicted octanol–water partition coefficient (Wildman–Crippen LogP) is 1.95. The van der Waals surface area contributed by atoms with Gasteiger partial charge in [0.1, 0.15) is 5.56 Å². The molecule has 1 heterocycles. The van der Waals surface area contributed by atoms with E-state index in [1.54, 1.807) is 0 Å². The standard InChI is InChI=1S/C9H8F6N2O2/c10-8(11,12)6-5(1-16)4(3-18)2-17-7(6)19-9(13,14)15/h2,18H,1,3,16H2. The van der Waals surface area contributed by atoms with E-state index in [1.165, 1.54) is 0 Å². The number of aliphatic hydroxyl groups is 1. The summed E-state index contributed by atoms with van der Waals surface area (Å²) < 4.78 is 77.6. The maximum atomic E-state index is 12.8. The number of hydrogen-bond acceptors (Lipinski definition) is 4. The molecule has 0 unspecified atom stereocenters. The van der Waals surface area contributed by atoms with Crippen LogP contribution in [0.1, 0.15) is 16.7 Å². The fourth-order valence-corrected chi connectivity index (χ4v) is 1.42. The fourth-order valence-electron chi connectivity index (χ4n) is 1.42. The lowest BCUT2D eigenvalue weighted by atomic mass is 10.0. The zero-order valence-electron chi connectivity index (χ0n) is 9.14. The van der Waals surface area contributed by atoms with Crippen molar-refractivity contribution in [2.75, 3.05) is 0 Å². The lowest BCUT2D eigenvalue weighted by Crippen LogP contribution is -2.23. The topological polar surface area (TPSA) is 68.4 Å². The van der Waals surface area contributed by atoms with Crippen molar-refractivity contribution in [2.24, 2.45) is 5.73 Å². The van der Waals surface area contributed by atoms with Gasteiger partial charge < -0.3 is 15.6 Å². The van der Waals surface area contributed by atoms with E-state index in [4.69, 9.17) is 10.8 Å². The number of aliphatic hydroxyl groups excluding tert-OH is 1. The highest BCUT2D eigenvalue weighted by Gasteiger charge is 2.42. The van der Waals surface area contributed by atoms with Crippen LogP contribution in [0, 0.1) is 0 Å². The summed E-state index contributed by atoms with van der Waals surface area (Å²) in [6, 6.07) is 0. The molecule has 4 nitrogen and oxygen atoms in total. The van der Waals surface area contributed by atoms with Crippen LogP contribution < -0.4 is 10.5 Å². The van der Waals surface area contributed by atoms with Crippen LogP contribution in [0.3, 0.4) is 0 Å². The molecule has 1 rings (SSSR count). The van der Waals surface area contributed by atoms with Crippen LogP contribution in [0.15, 0.2) is 6.20 Å². The lowest BCUT2D eigenvalue weighted by Gasteiger charge is -2.18. The molecule has 0 aromatic carbocycles. The average Bonchev–Trinajstić information content (AvgIpc) is 2.24. The molecule has 1 aromatic heterocycles. The summed E-state index contributed by atoms with van der Waals surface area (Å²) in [5.41, 5.74) is 2.34. The number of rotatable bonds is 3. The van der Waals surface area contributed by atoms with Gasteiger partial charge in [0.05, 0.1) is 6.61 Å². The molecule has 10 heteroatoms. The van der Waals surface area contributed by atoms with Crippen molar-refractivity contribution in [3.63, 3.8) is 0 Å². The Morgan fingerprint density at radius 3 is 2.16 bits per heavy atom. The molecule has 0 bridgehead atoms. The number of nitrogens with two attached hydrogens (primary N) is 1. The van der Waals surface area contributed by atoms with Crippen LogP contribution in [0.25, 0.3) is 0 Å². The van der Waals surface area contributed by atoms with Crippen molar-refractivity contribution in [3.8, 4) is 5.88 Å². The number of nitrogens with zero attached hydrogens (tertiary/aromatic N) is 1. The first-order chi connectivity index (χ1) is 8.60. The Kier molecular flexibility index (Phi) is 4.25. The van der Waals surface area contributed by atoms with Gasteiger partial charge in [-0.05, 0) is 5.56 Å². The van der Waals surface area contributed by atoms with Crippen molar-refractivity contribution >= 4 is 0 Å². The van der Waals surface area contributed by atoms with Crippen molar-refractivity contribution < 1.29 is 36.2 Å². The van der Waals surface area contributed by atoms with Gasteiger partial charge in [0.2, 0.25) is 5.88 Å². The number of ether oxygens (including phenoxy) is 1. The molecule has 108 valence electrons. The Morgan fingerprint density at radius 1 is 1.21 bits per heavy atom. The highest BCUT2D eigenvalue weighted by atomic mass is 19.4. The second-order valence-corrected chi connectivity index (χ2v) is 3.35. The Morgan fingerprint density at radius 2 is 1.79 bits per heavy atom. The zero-order chi connectivity index (χ0) is 14.8. The Bertz CT molecular complexity index is 457. The maximum absolute atomic E-state index is 12.8. The Balaban J connectivity index is 3.48. The van der Waals surface area contributed by atoms with E-state index in [-0.39, 0.29) is 5.56 Å². The van der Waals surface area contributed by atoms with Gasteiger partial charge in [0.15, 0.2) is 0 Å². The first kappa shape index (κ1) is 15.5. The third-order valence-electron chi connectivity index (χ3n) is 2.11. The van der Waals surface area contributed by atoms with Gasteiger partial charge in [-0.25, -0.2) is 4.98 Å². The van der Waals surface area contributed by atoms with Gasteiger partial charge in [-0.1, -0.05) is 0 Å². The van der Waals surface area contributed by atoms with Crippen LogP contribution >= 0.6 is 0 Å². The first-order valence-corrected chi connectivity index (χ1v) is 4.74. The minimum atomic E-state index is -5.32. The molecule has 0 aliphatic carbocycles. The molecular formula is C9H8F6N2O2. The van der Waals surface area contributed by atoms with E-state index in [9.17, 15) is 26.3 Å². The van der Waals surface area contributed by atoms with E-state index in [0.717, 1.165) is 0 Å². The molecule has 3 N–H and O–H groups in total. The summed E-state index contributed by atoms with van der Waals surface area (Å²) in [5.74, 6) is -1.64. The Hall–Kier alpha value is -1.55. The number of hydrogen-bond donors (Lipinski definition) is 2. The van der Waals surface area contributed by atoms with Crippen LogP contribution in [0.4, 0.5) is 26.3 Å². The highest BCUT2D eigenvalue weighted by Crippen LogP contribution is 2.40. The van der Waals surface area contributed by atoms with Gasteiger partial charge in [0, 0.05) is 18.3 Å². The second kappa shape index (κ2) is 5.21. The first-order valence-electron chi connectivity index (χ1n) is 4.74. The van der Waals surface area contributed by atoms with Gasteiger partial charge in [-0.2, -0.15) is 13.2 Å². The smallest absolute Gasteiger partial charge is 0.392 e. The van der Waals surface area contributed by atoms with E-state index in [0.29, 0.717) is 6.20 Å². The molecule has 0 amide bonds. The molecule has 0 radical (unpaired) electrons. The molecule has 0 atom stereocenters. The summed E-state index contributed by atoms with van der Waals surface area (Å²) in [6.07, 6.45) is -9.81. The van der Waals surface area contributed by atoms with Gasteiger partial charge in [0.25, 0.3) is 0 Å². The Labute approximate surface area is 102 Å². The summed E-state index contributed by atoms with van der Waals surface area (Å²) in [7, 11) is 0. The van der Waals surface area contributed by atoms with Crippen LogP contribution in [0.5, 0.6) is 5.88 Å².